The van der Waals surface area contributed by atoms with Crippen molar-refractivity contribution >= 4 is 25.9 Å². The highest BCUT2D eigenvalue weighted by Gasteiger charge is 2.52. The van der Waals surface area contributed by atoms with Crippen LogP contribution in [0.4, 0.5) is 0 Å². The number of hydrogen-bond donors (Lipinski definition) is 0. The summed E-state index contributed by atoms with van der Waals surface area (Å²) in [5.74, 6) is 0. The number of benzene rings is 2. The van der Waals surface area contributed by atoms with Crippen LogP contribution in [-0.4, -0.2) is 80.0 Å². The van der Waals surface area contributed by atoms with Gasteiger partial charge in [-0.25, -0.2) is 0 Å². The molecular weight excluding hydrogens is 490 g/mol. The van der Waals surface area contributed by atoms with E-state index in [0.717, 1.165) is 36.6 Å². The first-order valence-electron chi connectivity index (χ1n) is 14.2. The number of methoxy groups -OCH3 is 2. The second kappa shape index (κ2) is 12.9. The molecule has 8 heteroatoms. The van der Waals surface area contributed by atoms with Gasteiger partial charge in [0.05, 0.1) is 37.6 Å². The van der Waals surface area contributed by atoms with Crippen LogP contribution < -0.4 is 10.9 Å². The summed E-state index contributed by atoms with van der Waals surface area (Å²) < 4.78 is 34.9. The Labute approximate surface area is 236 Å². The second-order valence-electron chi connectivity index (χ2n) is 11.7. The summed E-state index contributed by atoms with van der Waals surface area (Å²) in [5, 5.41) is 0. The molecule has 1 fully saturated rings. The predicted octanol–water partition coefficient (Wildman–Crippen LogP) is 3.93. The Morgan fingerprint density at radius 3 is 1.74 bits per heavy atom. The van der Waals surface area contributed by atoms with Gasteiger partial charge in [0.25, 0.3) is 0 Å². The van der Waals surface area contributed by atoms with E-state index in [1.165, 1.54) is 22.3 Å². The average molecular weight is 534 g/mol. The third kappa shape index (κ3) is 6.47. The van der Waals surface area contributed by atoms with Crippen LogP contribution >= 0.6 is 0 Å². The molecule has 0 aromatic heterocycles. The molecule has 0 saturated carbocycles. The van der Waals surface area contributed by atoms with Crippen molar-refractivity contribution in [2.24, 2.45) is 0 Å². The Balaban J connectivity index is 1.68. The Hall–Kier alpha value is -1.67. The second-order valence-corrected chi connectivity index (χ2v) is 11.7. The molecule has 1 saturated heterocycles. The van der Waals surface area contributed by atoms with E-state index in [0.29, 0.717) is 39.6 Å². The van der Waals surface area contributed by atoms with Gasteiger partial charge < -0.3 is 28.3 Å². The highest BCUT2D eigenvalue weighted by Crippen LogP contribution is 2.53. The minimum atomic E-state index is -0.415. The van der Waals surface area contributed by atoms with Crippen molar-refractivity contribution in [1.82, 2.24) is 0 Å². The van der Waals surface area contributed by atoms with Gasteiger partial charge >= 0.3 is 7.12 Å². The zero-order valence-electron chi connectivity index (χ0n) is 24.6. The molecule has 0 unspecified atom stereocenters. The van der Waals surface area contributed by atoms with Gasteiger partial charge in [-0.2, -0.15) is 0 Å². The monoisotopic (exact) mass is 534 g/mol. The standard InChI is InChI=1S/C31H44B2O6/c1-29(2)30(3,4)39-33(38-29)24-10-12-26-25-11-9-23(32)21-27(25)31(28(26)22-24,13-7-15-36-19-17-34-5)14-8-16-37-20-18-35-6/h9-12,21-22H,7-8,13-20H2,1-6H3. The van der Waals surface area contributed by atoms with Gasteiger partial charge in [0, 0.05) is 32.8 Å². The van der Waals surface area contributed by atoms with E-state index >= 15 is 0 Å². The molecule has 39 heavy (non-hydrogen) atoms. The lowest BCUT2D eigenvalue weighted by molar-refractivity contribution is 0.00578. The smallest absolute Gasteiger partial charge is 0.399 e. The van der Waals surface area contributed by atoms with Crippen molar-refractivity contribution in [3.05, 3.63) is 47.5 Å². The van der Waals surface area contributed by atoms with E-state index in [2.05, 4.69) is 58.0 Å². The lowest BCUT2D eigenvalue weighted by Gasteiger charge is -2.33. The lowest BCUT2D eigenvalue weighted by atomic mass is 9.68. The van der Waals surface area contributed by atoms with Gasteiger partial charge in [0.2, 0.25) is 0 Å². The fourth-order valence-electron chi connectivity index (χ4n) is 5.76. The van der Waals surface area contributed by atoms with Crippen LogP contribution in [0.25, 0.3) is 11.1 Å². The summed E-state index contributed by atoms with van der Waals surface area (Å²) >= 11 is 0. The molecule has 6 nitrogen and oxygen atoms in total. The zero-order chi connectivity index (χ0) is 28.1. The van der Waals surface area contributed by atoms with Gasteiger partial charge in [-0.05, 0) is 81.1 Å². The summed E-state index contributed by atoms with van der Waals surface area (Å²) in [6.45, 7) is 12.1. The van der Waals surface area contributed by atoms with Crippen LogP contribution in [0.3, 0.4) is 0 Å². The third-order valence-electron chi connectivity index (χ3n) is 8.58. The van der Waals surface area contributed by atoms with E-state index < -0.39 is 18.3 Å². The first-order valence-corrected chi connectivity index (χ1v) is 14.2. The van der Waals surface area contributed by atoms with E-state index in [1.807, 2.05) is 6.07 Å². The maximum atomic E-state index is 6.44. The van der Waals surface area contributed by atoms with E-state index in [1.54, 1.807) is 14.2 Å². The number of rotatable bonds is 15. The molecule has 1 heterocycles. The normalized spacial score (nSPS) is 18.4. The third-order valence-corrected chi connectivity index (χ3v) is 8.58. The molecule has 2 aromatic rings. The van der Waals surface area contributed by atoms with Crippen LogP contribution in [0.5, 0.6) is 0 Å². The molecule has 0 N–H and O–H groups in total. The molecule has 0 spiro atoms. The SMILES string of the molecule is [B]c1ccc2c(c1)C(CCCOCCOC)(CCCOCCOC)c1cc(B3OC(C)(C)C(C)(C)O3)ccc1-2. The summed E-state index contributed by atoms with van der Waals surface area (Å²) in [6.07, 6.45) is 3.72. The van der Waals surface area contributed by atoms with Gasteiger partial charge in [-0.15, -0.1) is 0 Å². The topological polar surface area (TPSA) is 55.4 Å². The van der Waals surface area contributed by atoms with E-state index in [-0.39, 0.29) is 5.41 Å². The number of fused-ring (bicyclic) bond motifs is 3. The average Bonchev–Trinajstić information content (AvgIpc) is 3.29. The Morgan fingerprint density at radius 1 is 0.692 bits per heavy atom. The first-order chi connectivity index (χ1) is 18.6. The summed E-state index contributed by atoms with van der Waals surface area (Å²) in [4.78, 5) is 0. The maximum Gasteiger partial charge on any atom is 0.494 e. The minimum Gasteiger partial charge on any atom is -0.399 e. The number of hydrogen-bond acceptors (Lipinski definition) is 6. The Kier molecular flexibility index (Phi) is 10.0. The minimum absolute atomic E-state index is 0.213. The van der Waals surface area contributed by atoms with Crippen molar-refractivity contribution in [2.45, 2.75) is 70.0 Å². The maximum absolute atomic E-state index is 6.44. The molecule has 2 aromatic carbocycles. The Morgan fingerprint density at radius 2 is 1.21 bits per heavy atom. The first kappa shape index (κ1) is 30.3. The quantitative estimate of drug-likeness (QED) is 0.255. The van der Waals surface area contributed by atoms with Crippen molar-refractivity contribution in [3.63, 3.8) is 0 Å². The molecule has 1 aliphatic heterocycles. The van der Waals surface area contributed by atoms with Gasteiger partial charge in [-0.3, -0.25) is 0 Å². The molecule has 2 radical (unpaired) electrons. The largest absolute Gasteiger partial charge is 0.494 e. The molecule has 0 amide bonds. The van der Waals surface area contributed by atoms with Gasteiger partial charge in [-0.1, -0.05) is 41.9 Å². The summed E-state index contributed by atoms with van der Waals surface area (Å²) in [7, 11) is 9.35. The van der Waals surface area contributed by atoms with E-state index in [4.69, 9.17) is 36.1 Å². The number of ether oxygens (including phenoxy) is 4. The lowest BCUT2D eigenvalue weighted by Crippen LogP contribution is -2.41. The molecule has 210 valence electrons. The van der Waals surface area contributed by atoms with Crippen molar-refractivity contribution in [3.8, 4) is 11.1 Å². The molecule has 0 bridgehead atoms. The molecule has 0 atom stereocenters. The van der Waals surface area contributed by atoms with Crippen molar-refractivity contribution < 1.29 is 28.3 Å². The van der Waals surface area contributed by atoms with Crippen LogP contribution in [0.1, 0.15) is 64.5 Å². The zero-order valence-corrected chi connectivity index (χ0v) is 24.6. The highest BCUT2D eigenvalue weighted by atomic mass is 16.7. The summed E-state index contributed by atoms with van der Waals surface area (Å²) in [6, 6.07) is 13.0. The molecular formula is C31H44B2O6. The fourth-order valence-corrected chi connectivity index (χ4v) is 5.76. The van der Waals surface area contributed by atoms with Crippen LogP contribution in [0.15, 0.2) is 36.4 Å². The van der Waals surface area contributed by atoms with Crippen LogP contribution in [-0.2, 0) is 33.7 Å². The molecule has 2 aliphatic rings. The fraction of sp³-hybridized carbons (Fsp3) is 0.613. The van der Waals surface area contributed by atoms with Gasteiger partial charge in [0.15, 0.2) is 0 Å². The Bertz CT molecular complexity index is 1070. The van der Waals surface area contributed by atoms with E-state index in [9.17, 15) is 0 Å². The summed E-state index contributed by atoms with van der Waals surface area (Å²) in [5.41, 5.74) is 5.92. The van der Waals surface area contributed by atoms with Crippen LogP contribution in [0, 0.1) is 0 Å². The molecule has 4 rings (SSSR count). The molecule has 1 aliphatic carbocycles. The van der Waals surface area contributed by atoms with Crippen molar-refractivity contribution in [1.29, 1.82) is 0 Å². The van der Waals surface area contributed by atoms with Gasteiger partial charge in [0.1, 0.15) is 7.85 Å². The highest BCUT2D eigenvalue weighted by molar-refractivity contribution is 6.62. The van der Waals surface area contributed by atoms with Crippen molar-refractivity contribution in [2.75, 3.05) is 53.9 Å². The predicted molar refractivity (Wildman–Crippen MR) is 158 cm³/mol. The van der Waals surface area contributed by atoms with Crippen LogP contribution in [0.2, 0.25) is 0 Å².